The summed E-state index contributed by atoms with van der Waals surface area (Å²) in [6, 6.07) is 9.71. The van der Waals surface area contributed by atoms with Crippen molar-refractivity contribution in [3.05, 3.63) is 68.0 Å². The van der Waals surface area contributed by atoms with Crippen molar-refractivity contribution in [1.82, 2.24) is 19.7 Å². The van der Waals surface area contributed by atoms with Crippen molar-refractivity contribution in [2.75, 3.05) is 5.32 Å². The fourth-order valence-corrected chi connectivity index (χ4v) is 4.39. The number of aromatic nitrogens is 4. The third kappa shape index (κ3) is 3.38. The number of fused-ring (bicyclic) bond motifs is 1. The largest absolute Gasteiger partial charge is 0.296 e. The zero-order chi connectivity index (χ0) is 19.0. The van der Waals surface area contributed by atoms with Gasteiger partial charge in [-0.25, -0.2) is 4.98 Å². The predicted molar refractivity (Wildman–Crippen MR) is 107 cm³/mol. The molecule has 3 aromatic heterocycles. The van der Waals surface area contributed by atoms with Crippen molar-refractivity contribution in [1.29, 1.82) is 0 Å². The van der Waals surface area contributed by atoms with Crippen molar-refractivity contribution in [3.8, 4) is 0 Å². The lowest BCUT2D eigenvalue weighted by atomic mass is 10.2. The number of nitrogens with one attached hydrogen (secondary N) is 1. The molecule has 0 spiro atoms. The maximum atomic E-state index is 12.9. The summed E-state index contributed by atoms with van der Waals surface area (Å²) in [5, 5.41) is 12.2. The molecule has 0 radical (unpaired) electrons. The zero-order valence-corrected chi connectivity index (χ0v) is 16.2. The number of amides is 1. The van der Waals surface area contributed by atoms with E-state index in [0.29, 0.717) is 32.3 Å². The first-order chi connectivity index (χ1) is 13.0. The molecule has 0 saturated carbocycles. The molecule has 4 rings (SSSR count). The van der Waals surface area contributed by atoms with Crippen molar-refractivity contribution < 1.29 is 4.79 Å². The van der Waals surface area contributed by atoms with Gasteiger partial charge in [-0.2, -0.15) is 0 Å². The van der Waals surface area contributed by atoms with E-state index in [4.69, 9.17) is 0 Å². The Bertz CT molecular complexity index is 1190. The average molecular weight is 397 g/mol. The van der Waals surface area contributed by atoms with E-state index in [1.807, 2.05) is 37.3 Å². The molecule has 0 unspecified atom stereocenters. The van der Waals surface area contributed by atoms with Crippen LogP contribution in [0.2, 0.25) is 0 Å². The molecule has 1 N–H and O–H groups in total. The Balaban J connectivity index is 1.70. The molecule has 136 valence electrons. The third-order valence-electron chi connectivity index (χ3n) is 4.07. The fraction of sp³-hybridized carbons (Fsp3) is 0.167. The van der Waals surface area contributed by atoms with Crippen LogP contribution in [0.3, 0.4) is 0 Å². The summed E-state index contributed by atoms with van der Waals surface area (Å²) in [5.74, 6) is -0.305. The van der Waals surface area contributed by atoms with Crippen molar-refractivity contribution >= 4 is 43.9 Å². The van der Waals surface area contributed by atoms with Crippen LogP contribution in [0.1, 0.15) is 25.8 Å². The van der Waals surface area contributed by atoms with E-state index in [1.165, 1.54) is 29.0 Å². The maximum absolute atomic E-state index is 12.9. The molecule has 9 heteroatoms. The number of benzene rings is 1. The van der Waals surface area contributed by atoms with Crippen LogP contribution in [-0.2, 0) is 6.54 Å². The standard InChI is InChI=1S/C18H15N5O2S2/c1-10-13-16(27-14(10)15(24)20-18-22-21-11(2)26-18)19-9-23(17(13)25)8-12-6-4-3-5-7-12/h3-7,9H,8H2,1-2H3,(H,20,22,24). The quantitative estimate of drug-likeness (QED) is 0.571. The molecule has 1 amide bonds. The van der Waals surface area contributed by atoms with Gasteiger partial charge in [-0.1, -0.05) is 41.7 Å². The molecule has 0 aliphatic rings. The Hall–Kier alpha value is -2.91. The van der Waals surface area contributed by atoms with Gasteiger partial charge in [0.15, 0.2) is 0 Å². The summed E-state index contributed by atoms with van der Waals surface area (Å²) in [5.41, 5.74) is 1.50. The number of carbonyl (C=O) groups excluding carboxylic acids is 1. The lowest BCUT2D eigenvalue weighted by Gasteiger charge is -2.05. The third-order valence-corrected chi connectivity index (χ3v) is 6.02. The monoisotopic (exact) mass is 397 g/mol. The van der Waals surface area contributed by atoms with Crippen LogP contribution < -0.4 is 10.9 Å². The van der Waals surface area contributed by atoms with Crippen LogP contribution >= 0.6 is 22.7 Å². The normalized spacial score (nSPS) is 11.0. The van der Waals surface area contributed by atoms with E-state index in [-0.39, 0.29) is 11.5 Å². The number of hydrogen-bond acceptors (Lipinski definition) is 7. The Kier molecular flexibility index (Phi) is 4.54. The second-order valence-corrected chi connectivity index (χ2v) is 8.16. The van der Waals surface area contributed by atoms with Gasteiger partial charge >= 0.3 is 0 Å². The summed E-state index contributed by atoms with van der Waals surface area (Å²) >= 11 is 2.51. The summed E-state index contributed by atoms with van der Waals surface area (Å²) < 4.78 is 1.56. The second-order valence-electron chi connectivity index (χ2n) is 5.98. The van der Waals surface area contributed by atoms with Gasteiger partial charge < -0.3 is 0 Å². The average Bonchev–Trinajstić information content (AvgIpc) is 3.22. The van der Waals surface area contributed by atoms with Gasteiger partial charge in [-0.05, 0) is 25.0 Å². The molecule has 4 aromatic rings. The minimum Gasteiger partial charge on any atom is -0.296 e. The summed E-state index contributed by atoms with van der Waals surface area (Å²) in [7, 11) is 0. The molecule has 0 atom stereocenters. The molecule has 27 heavy (non-hydrogen) atoms. The van der Waals surface area contributed by atoms with Gasteiger partial charge in [0.25, 0.3) is 11.5 Å². The smallest absolute Gasteiger partial charge is 0.267 e. The minimum atomic E-state index is -0.305. The van der Waals surface area contributed by atoms with Gasteiger partial charge in [0.1, 0.15) is 9.84 Å². The second kappa shape index (κ2) is 7.01. The van der Waals surface area contributed by atoms with Gasteiger partial charge in [-0.15, -0.1) is 21.5 Å². The lowest BCUT2D eigenvalue weighted by Crippen LogP contribution is -2.21. The molecule has 0 saturated heterocycles. The fourth-order valence-electron chi connectivity index (χ4n) is 2.77. The highest BCUT2D eigenvalue weighted by Gasteiger charge is 2.20. The van der Waals surface area contributed by atoms with E-state index >= 15 is 0 Å². The highest BCUT2D eigenvalue weighted by atomic mass is 32.1. The summed E-state index contributed by atoms with van der Waals surface area (Å²) in [6.45, 7) is 4.02. The summed E-state index contributed by atoms with van der Waals surface area (Å²) in [4.78, 5) is 30.9. The maximum Gasteiger partial charge on any atom is 0.267 e. The number of aryl methyl sites for hydroxylation is 2. The molecule has 0 fully saturated rings. The van der Waals surface area contributed by atoms with Crippen LogP contribution in [0.25, 0.3) is 10.2 Å². The number of carbonyl (C=O) groups is 1. The first-order valence-corrected chi connectivity index (χ1v) is 9.80. The molecule has 0 aliphatic heterocycles. The first kappa shape index (κ1) is 17.5. The van der Waals surface area contributed by atoms with E-state index in [2.05, 4.69) is 20.5 Å². The van der Waals surface area contributed by atoms with Gasteiger partial charge in [0, 0.05) is 0 Å². The van der Waals surface area contributed by atoms with E-state index in [1.54, 1.807) is 11.5 Å². The van der Waals surface area contributed by atoms with Gasteiger partial charge in [0.05, 0.1) is 23.1 Å². The topological polar surface area (TPSA) is 89.8 Å². The van der Waals surface area contributed by atoms with Crippen molar-refractivity contribution in [3.63, 3.8) is 0 Å². The van der Waals surface area contributed by atoms with Gasteiger partial charge in [-0.3, -0.25) is 19.5 Å². The zero-order valence-electron chi connectivity index (χ0n) is 14.6. The first-order valence-electron chi connectivity index (χ1n) is 8.17. The highest BCUT2D eigenvalue weighted by Crippen LogP contribution is 2.28. The van der Waals surface area contributed by atoms with E-state index in [9.17, 15) is 9.59 Å². The number of anilines is 1. The van der Waals surface area contributed by atoms with Crippen LogP contribution in [0, 0.1) is 13.8 Å². The van der Waals surface area contributed by atoms with Crippen molar-refractivity contribution in [2.45, 2.75) is 20.4 Å². The van der Waals surface area contributed by atoms with Gasteiger partial charge in [0.2, 0.25) is 5.13 Å². The molecule has 0 aliphatic carbocycles. The van der Waals surface area contributed by atoms with Crippen LogP contribution in [0.4, 0.5) is 5.13 Å². The number of nitrogens with zero attached hydrogens (tertiary/aromatic N) is 4. The molecule has 0 bridgehead atoms. The molecule has 1 aromatic carbocycles. The van der Waals surface area contributed by atoms with Crippen LogP contribution in [0.5, 0.6) is 0 Å². The SMILES string of the molecule is Cc1nnc(NC(=O)c2sc3ncn(Cc4ccccc4)c(=O)c3c2C)s1. The van der Waals surface area contributed by atoms with E-state index < -0.39 is 0 Å². The van der Waals surface area contributed by atoms with Crippen LogP contribution in [0.15, 0.2) is 41.5 Å². The Morgan fingerprint density at radius 2 is 1.93 bits per heavy atom. The highest BCUT2D eigenvalue weighted by molar-refractivity contribution is 7.21. The minimum absolute atomic E-state index is 0.150. The van der Waals surface area contributed by atoms with Crippen molar-refractivity contribution in [2.24, 2.45) is 0 Å². The number of rotatable bonds is 4. The Morgan fingerprint density at radius 1 is 1.15 bits per heavy atom. The Morgan fingerprint density at radius 3 is 2.63 bits per heavy atom. The predicted octanol–water partition coefficient (Wildman–Crippen LogP) is 3.23. The Labute approximate surface area is 162 Å². The lowest BCUT2D eigenvalue weighted by molar-refractivity contribution is 0.103. The molecular formula is C18H15N5O2S2. The molecular weight excluding hydrogens is 382 g/mol. The number of thiophene rings is 1. The molecule has 3 heterocycles. The number of hydrogen-bond donors (Lipinski definition) is 1. The summed E-state index contributed by atoms with van der Waals surface area (Å²) in [6.07, 6.45) is 1.53. The molecule has 7 nitrogen and oxygen atoms in total. The van der Waals surface area contributed by atoms with E-state index in [0.717, 1.165) is 10.6 Å². The van der Waals surface area contributed by atoms with Crippen LogP contribution in [-0.4, -0.2) is 25.7 Å².